The number of rotatable bonds is 5. The first-order chi connectivity index (χ1) is 10.1. The zero-order chi connectivity index (χ0) is 14.9. The molecular formula is C14H13ClN2O2S2. The first-order valence-corrected chi connectivity index (χ1v) is 9.09. The van der Waals surface area contributed by atoms with Crippen molar-refractivity contribution in [3.63, 3.8) is 0 Å². The van der Waals surface area contributed by atoms with Crippen LogP contribution in [0.5, 0.6) is 0 Å². The van der Waals surface area contributed by atoms with Gasteiger partial charge in [0.1, 0.15) is 4.21 Å². The lowest BCUT2D eigenvalue weighted by atomic mass is 10.1. The Morgan fingerprint density at radius 2 is 2.14 bits per heavy atom. The first-order valence-electron chi connectivity index (χ1n) is 6.35. The number of thiophene rings is 1. The number of H-pyrrole nitrogens is 1. The summed E-state index contributed by atoms with van der Waals surface area (Å²) >= 11 is 7.15. The summed E-state index contributed by atoms with van der Waals surface area (Å²) in [5, 5.41) is 3.49. The number of aromatic amines is 1. The van der Waals surface area contributed by atoms with Crippen molar-refractivity contribution in [1.82, 2.24) is 9.71 Å². The van der Waals surface area contributed by atoms with Crippen molar-refractivity contribution >= 4 is 43.9 Å². The molecule has 0 spiro atoms. The second-order valence-corrected chi connectivity index (χ2v) is 7.96. The molecule has 4 nitrogen and oxygen atoms in total. The molecular weight excluding hydrogens is 328 g/mol. The molecule has 0 atom stereocenters. The molecule has 110 valence electrons. The summed E-state index contributed by atoms with van der Waals surface area (Å²) in [4.78, 5) is 3.14. The number of halogens is 1. The van der Waals surface area contributed by atoms with Gasteiger partial charge in [-0.05, 0) is 35.6 Å². The van der Waals surface area contributed by atoms with Crippen LogP contribution < -0.4 is 4.72 Å². The molecule has 2 N–H and O–H groups in total. The number of fused-ring (bicyclic) bond motifs is 1. The second-order valence-electron chi connectivity index (χ2n) is 4.58. The van der Waals surface area contributed by atoms with E-state index in [4.69, 9.17) is 11.6 Å². The van der Waals surface area contributed by atoms with Crippen molar-refractivity contribution < 1.29 is 8.42 Å². The molecule has 21 heavy (non-hydrogen) atoms. The van der Waals surface area contributed by atoms with Gasteiger partial charge in [-0.1, -0.05) is 23.7 Å². The third-order valence-corrected chi connectivity index (χ3v) is 6.27. The molecule has 3 rings (SSSR count). The van der Waals surface area contributed by atoms with Gasteiger partial charge in [0.2, 0.25) is 10.0 Å². The van der Waals surface area contributed by atoms with E-state index in [0.717, 1.165) is 16.5 Å². The Kier molecular flexibility index (Phi) is 4.03. The van der Waals surface area contributed by atoms with Gasteiger partial charge < -0.3 is 4.98 Å². The highest BCUT2D eigenvalue weighted by Crippen LogP contribution is 2.22. The molecule has 3 aromatic rings. The van der Waals surface area contributed by atoms with Crippen LogP contribution in [0.2, 0.25) is 5.02 Å². The van der Waals surface area contributed by atoms with Gasteiger partial charge >= 0.3 is 0 Å². The van der Waals surface area contributed by atoms with E-state index >= 15 is 0 Å². The summed E-state index contributed by atoms with van der Waals surface area (Å²) in [6.45, 7) is 0.357. The largest absolute Gasteiger partial charge is 0.361 e. The minimum absolute atomic E-state index is 0.341. The minimum Gasteiger partial charge on any atom is -0.361 e. The van der Waals surface area contributed by atoms with Crippen LogP contribution in [0.1, 0.15) is 5.56 Å². The lowest BCUT2D eigenvalue weighted by molar-refractivity contribution is 0.584. The van der Waals surface area contributed by atoms with Gasteiger partial charge in [-0.2, -0.15) is 0 Å². The van der Waals surface area contributed by atoms with Crippen LogP contribution in [0, 0.1) is 0 Å². The second kappa shape index (κ2) is 5.81. The van der Waals surface area contributed by atoms with E-state index in [9.17, 15) is 8.42 Å². The van der Waals surface area contributed by atoms with Crippen LogP contribution in [0.15, 0.2) is 46.1 Å². The van der Waals surface area contributed by atoms with Crippen LogP contribution in [0.25, 0.3) is 10.9 Å². The standard InChI is InChI=1S/C14H13ClN2O2S2/c15-11-3-4-12-10(9-16-13(12)8-11)5-6-17-21(18,19)14-2-1-7-20-14/h1-4,7-9,16-17H,5-6H2. The fourth-order valence-electron chi connectivity index (χ4n) is 2.17. The quantitative estimate of drug-likeness (QED) is 0.747. The average molecular weight is 341 g/mol. The topological polar surface area (TPSA) is 62.0 Å². The van der Waals surface area contributed by atoms with E-state index in [1.807, 2.05) is 24.4 Å². The Hall–Kier alpha value is -1.34. The normalized spacial score (nSPS) is 12.0. The van der Waals surface area contributed by atoms with E-state index in [1.54, 1.807) is 17.5 Å². The molecule has 0 aliphatic carbocycles. The summed E-state index contributed by atoms with van der Waals surface area (Å²) < 4.78 is 27.0. The molecule has 0 saturated carbocycles. The van der Waals surface area contributed by atoms with Crippen LogP contribution in [0.4, 0.5) is 0 Å². The number of benzene rings is 1. The van der Waals surface area contributed by atoms with Gasteiger partial charge in [0.05, 0.1) is 0 Å². The molecule has 0 aliphatic heterocycles. The van der Waals surface area contributed by atoms with Gasteiger partial charge in [-0.25, -0.2) is 13.1 Å². The number of nitrogens with one attached hydrogen (secondary N) is 2. The van der Waals surface area contributed by atoms with E-state index in [1.165, 1.54) is 11.3 Å². The maximum Gasteiger partial charge on any atom is 0.250 e. The fourth-order valence-corrected chi connectivity index (χ4v) is 4.41. The number of aromatic nitrogens is 1. The summed E-state index contributed by atoms with van der Waals surface area (Å²) in [6, 6.07) is 8.95. The zero-order valence-electron chi connectivity index (χ0n) is 11.0. The van der Waals surface area contributed by atoms with E-state index in [2.05, 4.69) is 9.71 Å². The van der Waals surface area contributed by atoms with Gasteiger partial charge in [0, 0.05) is 28.7 Å². The van der Waals surface area contributed by atoms with Crippen molar-refractivity contribution in [1.29, 1.82) is 0 Å². The predicted octanol–water partition coefficient (Wildman–Crippen LogP) is 3.40. The Morgan fingerprint density at radius 3 is 2.90 bits per heavy atom. The molecule has 0 amide bonds. The third-order valence-electron chi connectivity index (χ3n) is 3.18. The molecule has 0 unspecified atom stereocenters. The summed E-state index contributed by atoms with van der Waals surface area (Å²) in [7, 11) is -3.39. The number of sulfonamides is 1. The number of hydrogen-bond donors (Lipinski definition) is 2. The number of hydrogen-bond acceptors (Lipinski definition) is 3. The lowest BCUT2D eigenvalue weighted by Crippen LogP contribution is -2.25. The van der Waals surface area contributed by atoms with Gasteiger partial charge in [-0.15, -0.1) is 11.3 Å². The van der Waals surface area contributed by atoms with Crippen molar-refractivity contribution in [3.05, 3.63) is 52.5 Å². The molecule has 0 aliphatic rings. The summed E-state index contributed by atoms with van der Waals surface area (Å²) in [5.74, 6) is 0. The predicted molar refractivity (Wildman–Crippen MR) is 86.5 cm³/mol. The van der Waals surface area contributed by atoms with E-state index in [0.29, 0.717) is 22.2 Å². The average Bonchev–Trinajstić information content (AvgIpc) is 3.08. The van der Waals surface area contributed by atoms with Crippen LogP contribution in [0.3, 0.4) is 0 Å². The molecule has 0 radical (unpaired) electrons. The highest BCUT2D eigenvalue weighted by molar-refractivity contribution is 7.91. The molecule has 0 fully saturated rings. The lowest BCUT2D eigenvalue weighted by Gasteiger charge is -2.04. The zero-order valence-corrected chi connectivity index (χ0v) is 13.4. The molecule has 2 aromatic heterocycles. The smallest absolute Gasteiger partial charge is 0.250 e. The van der Waals surface area contributed by atoms with Crippen molar-refractivity contribution in [2.45, 2.75) is 10.6 Å². The highest BCUT2D eigenvalue weighted by atomic mass is 35.5. The SMILES string of the molecule is O=S(=O)(NCCc1c[nH]c2cc(Cl)ccc12)c1cccs1. The van der Waals surface area contributed by atoms with Crippen molar-refractivity contribution in [2.24, 2.45) is 0 Å². The Balaban J connectivity index is 1.70. The summed E-state index contributed by atoms with van der Waals surface area (Å²) in [6.07, 6.45) is 2.51. The Morgan fingerprint density at radius 1 is 1.29 bits per heavy atom. The minimum atomic E-state index is -3.39. The monoisotopic (exact) mass is 340 g/mol. The fraction of sp³-hybridized carbons (Fsp3) is 0.143. The van der Waals surface area contributed by atoms with Crippen molar-refractivity contribution in [3.8, 4) is 0 Å². The highest BCUT2D eigenvalue weighted by Gasteiger charge is 2.14. The first kappa shape index (κ1) is 14.6. The molecule has 2 heterocycles. The Bertz CT molecular complexity index is 854. The third kappa shape index (κ3) is 3.13. The van der Waals surface area contributed by atoms with Crippen LogP contribution in [-0.4, -0.2) is 19.9 Å². The summed E-state index contributed by atoms with van der Waals surface area (Å²) in [5.41, 5.74) is 2.02. The van der Waals surface area contributed by atoms with E-state index in [-0.39, 0.29) is 0 Å². The van der Waals surface area contributed by atoms with Crippen LogP contribution in [-0.2, 0) is 16.4 Å². The molecule has 7 heteroatoms. The Labute approximate surface area is 131 Å². The van der Waals surface area contributed by atoms with E-state index < -0.39 is 10.0 Å². The molecule has 0 saturated heterocycles. The molecule has 0 bridgehead atoms. The molecule has 1 aromatic carbocycles. The van der Waals surface area contributed by atoms with Gasteiger partial charge in [0.15, 0.2) is 0 Å². The van der Waals surface area contributed by atoms with Gasteiger partial charge in [0.25, 0.3) is 0 Å². The maximum absolute atomic E-state index is 12.0. The van der Waals surface area contributed by atoms with Crippen LogP contribution >= 0.6 is 22.9 Å². The van der Waals surface area contributed by atoms with Gasteiger partial charge in [-0.3, -0.25) is 0 Å². The maximum atomic E-state index is 12.0. The van der Waals surface area contributed by atoms with Crippen molar-refractivity contribution in [2.75, 3.05) is 6.54 Å².